The van der Waals surface area contributed by atoms with Crippen molar-refractivity contribution in [3.8, 4) is 0 Å². The molecule has 0 aliphatic carbocycles. The van der Waals surface area contributed by atoms with Gasteiger partial charge in [0, 0.05) is 12.0 Å². The fourth-order valence-corrected chi connectivity index (χ4v) is 1.81. The molecule has 0 aromatic heterocycles. The maximum absolute atomic E-state index is 11.9. The van der Waals surface area contributed by atoms with Crippen molar-refractivity contribution in [3.63, 3.8) is 0 Å². The van der Waals surface area contributed by atoms with Crippen LogP contribution in [0.25, 0.3) is 0 Å². The van der Waals surface area contributed by atoms with Crippen molar-refractivity contribution in [1.29, 1.82) is 0 Å². The minimum absolute atomic E-state index is 0.0420. The topological polar surface area (TPSA) is 105 Å². The molecule has 3 N–H and O–H groups in total. The molecule has 0 saturated heterocycles. The molecule has 0 heterocycles. The van der Waals surface area contributed by atoms with Gasteiger partial charge in [-0.25, -0.2) is 9.59 Å². The van der Waals surface area contributed by atoms with Gasteiger partial charge in [0.1, 0.15) is 6.04 Å². The quantitative estimate of drug-likeness (QED) is 0.590. The lowest BCUT2D eigenvalue weighted by atomic mass is 9.98. The minimum Gasteiger partial charge on any atom is -0.481 e. The lowest BCUT2D eigenvalue weighted by Crippen LogP contribution is -2.53. The third kappa shape index (κ3) is 8.88. The van der Waals surface area contributed by atoms with Crippen molar-refractivity contribution in [2.45, 2.75) is 58.5 Å². The molecule has 0 aromatic rings. The van der Waals surface area contributed by atoms with Crippen LogP contribution in [0.4, 0.5) is 4.79 Å². The Balaban J connectivity index is 4.54. The Morgan fingerprint density at radius 2 is 1.81 bits per heavy atom. The predicted molar refractivity (Wildman–Crippen MR) is 77.9 cm³/mol. The number of hydrogen-bond acceptors (Lipinski definition) is 4. The molecule has 7 nitrogen and oxygen atoms in total. The van der Waals surface area contributed by atoms with E-state index in [9.17, 15) is 14.4 Å². The van der Waals surface area contributed by atoms with E-state index in [1.807, 2.05) is 13.8 Å². The smallest absolute Gasteiger partial charge is 0.328 e. The molecule has 122 valence electrons. The second-order valence-corrected chi connectivity index (χ2v) is 6.08. The molecule has 1 atom stereocenters. The van der Waals surface area contributed by atoms with Gasteiger partial charge in [-0.05, 0) is 32.6 Å². The van der Waals surface area contributed by atoms with Crippen LogP contribution in [0.5, 0.6) is 0 Å². The van der Waals surface area contributed by atoms with Gasteiger partial charge in [-0.3, -0.25) is 4.79 Å². The van der Waals surface area contributed by atoms with Gasteiger partial charge in [0.2, 0.25) is 0 Å². The van der Waals surface area contributed by atoms with Gasteiger partial charge in [-0.2, -0.15) is 0 Å². The van der Waals surface area contributed by atoms with E-state index < -0.39 is 29.6 Å². The van der Waals surface area contributed by atoms with Crippen molar-refractivity contribution in [2.75, 3.05) is 7.11 Å². The van der Waals surface area contributed by atoms with E-state index in [0.29, 0.717) is 12.8 Å². The lowest BCUT2D eigenvalue weighted by Gasteiger charge is -2.27. The third-order valence-electron chi connectivity index (χ3n) is 2.91. The van der Waals surface area contributed by atoms with Crippen LogP contribution in [-0.4, -0.2) is 41.8 Å². The number of urea groups is 1. The van der Waals surface area contributed by atoms with Crippen LogP contribution in [0.3, 0.4) is 0 Å². The van der Waals surface area contributed by atoms with Crippen LogP contribution in [0.15, 0.2) is 0 Å². The molecular formula is C14H26N2O5. The van der Waals surface area contributed by atoms with E-state index in [1.54, 1.807) is 13.8 Å². The number of carbonyl (C=O) groups is 3. The first kappa shape index (κ1) is 19.2. The number of rotatable bonds is 8. The number of nitrogens with one attached hydrogen (secondary N) is 2. The SMILES string of the molecule is COC(=O)C(CC(C)C)NC(=O)NC(C)(C)CCC(=O)O. The highest BCUT2D eigenvalue weighted by molar-refractivity contribution is 5.83. The summed E-state index contributed by atoms with van der Waals surface area (Å²) in [6.07, 6.45) is 0.720. The van der Waals surface area contributed by atoms with Gasteiger partial charge in [0.15, 0.2) is 0 Å². The average Bonchev–Trinajstić information content (AvgIpc) is 2.33. The number of aliphatic carboxylic acids is 1. The van der Waals surface area contributed by atoms with E-state index in [0.717, 1.165) is 0 Å². The summed E-state index contributed by atoms with van der Waals surface area (Å²) in [7, 11) is 1.27. The van der Waals surface area contributed by atoms with Crippen molar-refractivity contribution >= 4 is 18.0 Å². The van der Waals surface area contributed by atoms with Gasteiger partial charge in [-0.15, -0.1) is 0 Å². The largest absolute Gasteiger partial charge is 0.481 e. The summed E-state index contributed by atoms with van der Waals surface area (Å²) in [4.78, 5) is 34.1. The first-order chi connectivity index (χ1) is 9.57. The number of ether oxygens (including phenoxy) is 1. The summed E-state index contributed by atoms with van der Waals surface area (Å²) in [6.45, 7) is 7.33. The molecular weight excluding hydrogens is 276 g/mol. The number of carboxylic acid groups (broad SMARTS) is 1. The van der Waals surface area contributed by atoms with E-state index in [4.69, 9.17) is 5.11 Å². The average molecular weight is 302 g/mol. The van der Waals surface area contributed by atoms with Crippen molar-refractivity contribution in [3.05, 3.63) is 0 Å². The summed E-state index contributed by atoms with van der Waals surface area (Å²) in [5, 5.41) is 13.9. The van der Waals surface area contributed by atoms with Gasteiger partial charge < -0.3 is 20.5 Å². The van der Waals surface area contributed by atoms with Gasteiger partial charge in [-0.1, -0.05) is 13.8 Å². The van der Waals surface area contributed by atoms with Crippen LogP contribution in [0, 0.1) is 5.92 Å². The number of hydrogen-bond donors (Lipinski definition) is 3. The number of carbonyl (C=O) groups excluding carboxylic acids is 2. The lowest BCUT2D eigenvalue weighted by molar-refractivity contribution is -0.143. The molecule has 2 amide bonds. The highest BCUT2D eigenvalue weighted by Crippen LogP contribution is 2.11. The maximum Gasteiger partial charge on any atom is 0.328 e. The van der Waals surface area contributed by atoms with Crippen LogP contribution >= 0.6 is 0 Å². The molecule has 1 unspecified atom stereocenters. The molecule has 0 rings (SSSR count). The number of methoxy groups -OCH3 is 1. The predicted octanol–water partition coefficient (Wildman–Crippen LogP) is 1.52. The molecule has 0 bridgehead atoms. The molecule has 0 saturated carbocycles. The standard InChI is InChI=1S/C14H26N2O5/c1-9(2)8-10(12(19)21-5)15-13(20)16-14(3,4)7-6-11(17)18/h9-10H,6-8H2,1-5H3,(H,17,18)(H2,15,16,20). The van der Waals surface area contributed by atoms with Crippen LogP contribution in [0.2, 0.25) is 0 Å². The number of carboxylic acids is 1. The zero-order valence-corrected chi connectivity index (χ0v) is 13.4. The Hall–Kier alpha value is -1.79. The molecule has 0 aliphatic heterocycles. The molecule has 0 spiro atoms. The zero-order valence-electron chi connectivity index (χ0n) is 13.4. The van der Waals surface area contributed by atoms with E-state index >= 15 is 0 Å². The fourth-order valence-electron chi connectivity index (χ4n) is 1.81. The monoisotopic (exact) mass is 302 g/mol. The van der Waals surface area contributed by atoms with Gasteiger partial charge in [0.25, 0.3) is 0 Å². The van der Waals surface area contributed by atoms with E-state index in [2.05, 4.69) is 15.4 Å². The number of amides is 2. The Bertz CT molecular complexity index is 380. The van der Waals surface area contributed by atoms with Gasteiger partial charge >= 0.3 is 18.0 Å². The summed E-state index contributed by atoms with van der Waals surface area (Å²) in [5.74, 6) is -1.20. The highest BCUT2D eigenvalue weighted by Gasteiger charge is 2.26. The molecule has 0 aliphatic rings. The molecule has 0 fully saturated rings. The summed E-state index contributed by atoms with van der Waals surface area (Å²) < 4.78 is 4.66. The van der Waals surface area contributed by atoms with Crippen LogP contribution in [0.1, 0.15) is 47.0 Å². The Morgan fingerprint density at radius 1 is 1.24 bits per heavy atom. The first-order valence-electron chi connectivity index (χ1n) is 6.95. The number of esters is 1. The highest BCUT2D eigenvalue weighted by atomic mass is 16.5. The van der Waals surface area contributed by atoms with Crippen LogP contribution < -0.4 is 10.6 Å². The molecule has 0 radical (unpaired) electrons. The molecule has 21 heavy (non-hydrogen) atoms. The third-order valence-corrected chi connectivity index (χ3v) is 2.91. The molecule has 7 heteroatoms. The fraction of sp³-hybridized carbons (Fsp3) is 0.786. The van der Waals surface area contributed by atoms with Crippen molar-refractivity contribution in [2.24, 2.45) is 5.92 Å². The van der Waals surface area contributed by atoms with Crippen molar-refractivity contribution in [1.82, 2.24) is 10.6 Å². The summed E-state index contributed by atoms with van der Waals surface area (Å²) >= 11 is 0. The van der Waals surface area contributed by atoms with Crippen molar-refractivity contribution < 1.29 is 24.2 Å². The van der Waals surface area contributed by atoms with E-state index in [-0.39, 0.29) is 12.3 Å². The second kappa shape index (κ2) is 8.49. The first-order valence-corrected chi connectivity index (χ1v) is 6.95. The second-order valence-electron chi connectivity index (χ2n) is 6.08. The Labute approximate surface area is 125 Å². The Kier molecular flexibility index (Phi) is 7.76. The minimum atomic E-state index is -0.919. The molecule has 0 aromatic carbocycles. The van der Waals surface area contributed by atoms with Gasteiger partial charge in [0.05, 0.1) is 7.11 Å². The summed E-state index contributed by atoms with van der Waals surface area (Å²) in [6, 6.07) is -1.23. The normalized spacial score (nSPS) is 12.7. The van der Waals surface area contributed by atoms with E-state index in [1.165, 1.54) is 7.11 Å². The summed E-state index contributed by atoms with van der Waals surface area (Å²) in [5.41, 5.74) is -0.680. The van der Waals surface area contributed by atoms with Crippen LogP contribution in [-0.2, 0) is 14.3 Å². The zero-order chi connectivity index (χ0) is 16.6. The Morgan fingerprint density at radius 3 is 2.24 bits per heavy atom. The maximum atomic E-state index is 11.9.